The number of carbonyl (C=O) groups excluding carboxylic acids is 1. The van der Waals surface area contributed by atoms with Crippen LogP contribution >= 0.6 is 23.1 Å². The Bertz CT molecular complexity index is 1180. The minimum absolute atomic E-state index is 0.0645. The molecule has 0 unspecified atom stereocenters. The Labute approximate surface area is 174 Å². The zero-order valence-corrected chi connectivity index (χ0v) is 17.0. The van der Waals surface area contributed by atoms with Crippen molar-refractivity contribution in [2.45, 2.75) is 30.5 Å². The summed E-state index contributed by atoms with van der Waals surface area (Å²) >= 11 is 2.65. The number of Topliss-reactive ketones (excluding diaryl/α,β-unsaturated/α-hetero) is 1. The van der Waals surface area contributed by atoms with Crippen molar-refractivity contribution in [3.8, 4) is 0 Å². The van der Waals surface area contributed by atoms with Crippen molar-refractivity contribution < 1.29 is 9.72 Å². The summed E-state index contributed by atoms with van der Waals surface area (Å²) in [6, 6.07) is 5.49. The number of ketones is 1. The van der Waals surface area contributed by atoms with Gasteiger partial charge in [0.05, 0.1) is 16.1 Å². The maximum atomic E-state index is 13.1. The topological polar surface area (TPSA) is 95.1 Å². The summed E-state index contributed by atoms with van der Waals surface area (Å²) in [6.07, 6.45) is 3.85. The summed E-state index contributed by atoms with van der Waals surface area (Å²) in [5.41, 5.74) is 1.31. The predicted octanol–water partition coefficient (Wildman–Crippen LogP) is 4.40. The minimum atomic E-state index is -0.507. The van der Waals surface area contributed by atoms with Crippen LogP contribution in [0.4, 0.5) is 5.69 Å². The van der Waals surface area contributed by atoms with Crippen LogP contribution in [0.5, 0.6) is 0 Å². The molecule has 2 aromatic heterocycles. The second-order valence-electron chi connectivity index (χ2n) is 6.76. The Morgan fingerprint density at radius 1 is 1.38 bits per heavy atom. The highest BCUT2D eigenvalue weighted by molar-refractivity contribution is 7.99. The van der Waals surface area contributed by atoms with Crippen LogP contribution in [0.1, 0.15) is 34.7 Å². The van der Waals surface area contributed by atoms with Crippen LogP contribution in [-0.2, 0) is 6.54 Å². The van der Waals surface area contributed by atoms with Crippen LogP contribution in [0.25, 0.3) is 10.2 Å². The highest BCUT2D eigenvalue weighted by atomic mass is 32.2. The van der Waals surface area contributed by atoms with Gasteiger partial charge in [0.2, 0.25) is 0 Å². The van der Waals surface area contributed by atoms with Crippen LogP contribution in [0.2, 0.25) is 0 Å². The maximum absolute atomic E-state index is 13.1. The summed E-state index contributed by atoms with van der Waals surface area (Å²) < 4.78 is 1.56. The number of hydrogen-bond acceptors (Lipinski definition) is 7. The molecule has 148 valence electrons. The molecule has 0 spiro atoms. The number of non-ortho nitro benzene ring substituents is 1. The van der Waals surface area contributed by atoms with Gasteiger partial charge in [-0.15, -0.1) is 17.9 Å². The Balaban J connectivity index is 1.60. The molecule has 1 saturated carbocycles. The normalized spacial score (nSPS) is 13.5. The number of fused-ring (bicyclic) bond motifs is 1. The number of benzene rings is 1. The van der Waals surface area contributed by atoms with Gasteiger partial charge in [-0.1, -0.05) is 17.8 Å². The molecule has 3 aromatic rings. The van der Waals surface area contributed by atoms with Crippen molar-refractivity contribution in [2.24, 2.45) is 0 Å². The summed E-state index contributed by atoms with van der Waals surface area (Å²) in [5.74, 6) is 0.347. The van der Waals surface area contributed by atoms with E-state index < -0.39 is 4.92 Å². The third-order valence-electron chi connectivity index (χ3n) is 4.75. The Kier molecular flexibility index (Phi) is 5.33. The number of thioether (sulfide) groups is 1. The number of nitro benzene ring substituents is 1. The molecule has 0 saturated heterocycles. The zero-order valence-electron chi connectivity index (χ0n) is 15.4. The Morgan fingerprint density at radius 3 is 2.72 bits per heavy atom. The maximum Gasteiger partial charge on any atom is 0.269 e. The summed E-state index contributed by atoms with van der Waals surface area (Å²) in [6.45, 7) is 4.04. The molecule has 1 fully saturated rings. The molecule has 9 heteroatoms. The smallest absolute Gasteiger partial charge is 0.269 e. The number of carbonyl (C=O) groups is 1. The summed E-state index contributed by atoms with van der Waals surface area (Å²) in [5, 5.41) is 13.9. The molecule has 0 N–H and O–H groups in total. The SMILES string of the molecule is C=CCn1c(SCC(=O)c2ccc([N+](=O)[O-])cc2)nc2scc(C3CC3)c2c1=O. The lowest BCUT2D eigenvalue weighted by Crippen LogP contribution is -2.23. The first-order valence-corrected chi connectivity index (χ1v) is 10.9. The molecule has 0 amide bonds. The highest BCUT2D eigenvalue weighted by Crippen LogP contribution is 2.44. The molecular formula is C20H17N3O4S2. The lowest BCUT2D eigenvalue weighted by Gasteiger charge is -2.10. The van der Waals surface area contributed by atoms with E-state index in [1.165, 1.54) is 47.4 Å². The first-order chi connectivity index (χ1) is 14.0. The lowest BCUT2D eigenvalue weighted by molar-refractivity contribution is -0.384. The average Bonchev–Trinajstić information content (AvgIpc) is 3.48. The average molecular weight is 428 g/mol. The molecule has 1 aliphatic carbocycles. The first-order valence-electron chi connectivity index (χ1n) is 9.03. The van der Waals surface area contributed by atoms with Crippen molar-refractivity contribution in [2.75, 3.05) is 5.75 Å². The van der Waals surface area contributed by atoms with E-state index in [1.807, 2.05) is 5.38 Å². The molecule has 29 heavy (non-hydrogen) atoms. The van der Waals surface area contributed by atoms with Crippen LogP contribution in [-0.4, -0.2) is 26.0 Å². The fourth-order valence-electron chi connectivity index (χ4n) is 3.10. The third-order valence-corrected chi connectivity index (χ3v) is 6.62. The van der Waals surface area contributed by atoms with Crippen molar-refractivity contribution in [3.05, 3.63) is 73.9 Å². The number of rotatable bonds is 8. The predicted molar refractivity (Wildman–Crippen MR) is 114 cm³/mol. The fraction of sp³-hybridized carbons (Fsp3) is 0.250. The number of thiophene rings is 1. The van der Waals surface area contributed by atoms with E-state index in [-0.39, 0.29) is 22.8 Å². The van der Waals surface area contributed by atoms with Crippen LogP contribution in [0, 0.1) is 10.1 Å². The Morgan fingerprint density at radius 2 is 2.10 bits per heavy atom. The highest BCUT2D eigenvalue weighted by Gasteiger charge is 2.29. The number of nitrogens with zero attached hydrogens (tertiary/aromatic N) is 3. The molecule has 1 aliphatic rings. The second kappa shape index (κ2) is 7.92. The monoisotopic (exact) mass is 427 g/mol. The van der Waals surface area contributed by atoms with Gasteiger partial charge >= 0.3 is 0 Å². The van der Waals surface area contributed by atoms with E-state index in [9.17, 15) is 19.7 Å². The van der Waals surface area contributed by atoms with E-state index in [0.29, 0.717) is 33.4 Å². The van der Waals surface area contributed by atoms with E-state index in [1.54, 1.807) is 10.6 Å². The molecule has 0 bridgehead atoms. The molecule has 2 heterocycles. The molecule has 1 aromatic carbocycles. The van der Waals surface area contributed by atoms with E-state index in [0.717, 1.165) is 18.4 Å². The largest absolute Gasteiger partial charge is 0.293 e. The second-order valence-corrected chi connectivity index (χ2v) is 8.56. The third kappa shape index (κ3) is 3.88. The first kappa shape index (κ1) is 19.5. The number of nitro groups is 1. The van der Waals surface area contributed by atoms with Gasteiger partial charge in [-0.05, 0) is 41.8 Å². The van der Waals surface area contributed by atoms with Crippen molar-refractivity contribution >= 4 is 44.8 Å². The molecule has 0 atom stereocenters. The molecule has 4 rings (SSSR count). The molecule has 7 nitrogen and oxygen atoms in total. The molecule has 0 radical (unpaired) electrons. The number of aromatic nitrogens is 2. The van der Waals surface area contributed by atoms with Crippen LogP contribution in [0.15, 0.2) is 52.3 Å². The van der Waals surface area contributed by atoms with E-state index in [2.05, 4.69) is 11.6 Å². The summed E-state index contributed by atoms with van der Waals surface area (Å²) in [7, 11) is 0. The van der Waals surface area contributed by atoms with Gasteiger partial charge in [-0.25, -0.2) is 4.98 Å². The van der Waals surface area contributed by atoms with Gasteiger partial charge in [-0.3, -0.25) is 24.3 Å². The van der Waals surface area contributed by atoms with Crippen molar-refractivity contribution in [1.82, 2.24) is 9.55 Å². The minimum Gasteiger partial charge on any atom is -0.293 e. The number of allylic oxidation sites excluding steroid dienone is 1. The van der Waals surface area contributed by atoms with Gasteiger partial charge in [0.25, 0.3) is 11.2 Å². The summed E-state index contributed by atoms with van der Waals surface area (Å²) in [4.78, 5) is 41.2. The quantitative estimate of drug-likeness (QED) is 0.132. The standard InChI is InChI=1S/C20H17N3O4S2/c1-2-9-22-19(25)17-15(12-3-4-12)10-28-18(17)21-20(22)29-11-16(24)13-5-7-14(8-6-13)23(26)27/h2,5-8,10,12H,1,3-4,9,11H2. The van der Waals surface area contributed by atoms with Gasteiger partial charge in [0.1, 0.15) is 4.83 Å². The molecule has 0 aliphatic heterocycles. The van der Waals surface area contributed by atoms with E-state index in [4.69, 9.17) is 0 Å². The molecular weight excluding hydrogens is 410 g/mol. The van der Waals surface area contributed by atoms with E-state index >= 15 is 0 Å². The number of hydrogen-bond donors (Lipinski definition) is 0. The van der Waals surface area contributed by atoms with Gasteiger partial charge in [-0.2, -0.15) is 0 Å². The van der Waals surface area contributed by atoms with Gasteiger partial charge in [0, 0.05) is 24.2 Å². The van der Waals surface area contributed by atoms with Crippen LogP contribution in [0.3, 0.4) is 0 Å². The van der Waals surface area contributed by atoms with Gasteiger partial charge in [0.15, 0.2) is 10.9 Å². The fourth-order valence-corrected chi connectivity index (χ4v) is 5.07. The zero-order chi connectivity index (χ0) is 20.5. The van der Waals surface area contributed by atoms with Gasteiger partial charge < -0.3 is 0 Å². The van der Waals surface area contributed by atoms with Crippen molar-refractivity contribution in [1.29, 1.82) is 0 Å². The van der Waals surface area contributed by atoms with Crippen molar-refractivity contribution in [3.63, 3.8) is 0 Å². The lowest BCUT2D eigenvalue weighted by atomic mass is 10.1. The Hall–Kier alpha value is -2.78. The van der Waals surface area contributed by atoms with Crippen LogP contribution < -0.4 is 5.56 Å².